The first-order valence-electron chi connectivity index (χ1n) is 8.46. The van der Waals surface area contributed by atoms with E-state index in [0.29, 0.717) is 11.5 Å². The van der Waals surface area contributed by atoms with Gasteiger partial charge in [0.1, 0.15) is 12.1 Å². The number of guanidine groups is 1. The Morgan fingerprint density at radius 1 is 1.50 bits per heavy atom. The summed E-state index contributed by atoms with van der Waals surface area (Å²) in [6.45, 7) is 0.0808. The first-order valence-corrected chi connectivity index (χ1v) is 9.82. The molecule has 1 spiro atoms. The van der Waals surface area contributed by atoms with Crippen LogP contribution in [0.5, 0.6) is 0 Å². The van der Waals surface area contributed by atoms with Crippen LogP contribution in [0, 0.1) is 10.8 Å². The van der Waals surface area contributed by atoms with Gasteiger partial charge in [0.2, 0.25) is 11.8 Å². The van der Waals surface area contributed by atoms with Gasteiger partial charge in [0.15, 0.2) is 5.96 Å². The molecular weight excluding hydrogens is 398 g/mol. The maximum absolute atomic E-state index is 12.6. The lowest BCUT2D eigenvalue weighted by molar-refractivity contribution is -0.0530. The lowest BCUT2D eigenvalue weighted by Gasteiger charge is -2.34. The number of fused-ring (bicyclic) bond motifs is 3. The van der Waals surface area contributed by atoms with Gasteiger partial charge in [-0.2, -0.15) is 13.5 Å². The number of amides is 2. The monoisotopic (exact) mass is 417 g/mol. The molecule has 154 valence electrons. The number of urea groups is 1. The van der Waals surface area contributed by atoms with Crippen molar-refractivity contribution in [2.75, 3.05) is 13.1 Å². The number of carbonyl (C=O) groups excluding carboxylic acids is 1. The van der Waals surface area contributed by atoms with Crippen LogP contribution in [0.4, 0.5) is 4.79 Å². The Morgan fingerprint density at radius 3 is 2.82 bits per heavy atom. The Kier molecular flexibility index (Phi) is 4.22. The van der Waals surface area contributed by atoms with E-state index < -0.39 is 34.6 Å². The zero-order valence-electron chi connectivity index (χ0n) is 14.5. The number of nitrogens with zero attached hydrogens (tertiary/aromatic N) is 4. The second-order valence-corrected chi connectivity index (χ2v) is 8.15. The Morgan fingerprint density at radius 2 is 2.21 bits per heavy atom. The molecule has 1 aromatic rings. The van der Waals surface area contributed by atoms with E-state index in [1.165, 1.54) is 4.90 Å². The minimum absolute atomic E-state index is 0.101. The van der Waals surface area contributed by atoms with Gasteiger partial charge in [0.05, 0.1) is 12.6 Å². The van der Waals surface area contributed by atoms with Crippen LogP contribution in [-0.4, -0.2) is 69.4 Å². The summed E-state index contributed by atoms with van der Waals surface area (Å²) in [4.78, 5) is 14.0. The van der Waals surface area contributed by atoms with Crippen molar-refractivity contribution in [3.05, 3.63) is 11.8 Å². The summed E-state index contributed by atoms with van der Waals surface area (Å²) in [5, 5.41) is 28.0. The number of hydrogen-bond acceptors (Lipinski definition) is 9. The first-order chi connectivity index (χ1) is 13.1. The van der Waals surface area contributed by atoms with Crippen LogP contribution in [-0.2, 0) is 14.7 Å². The third-order valence-electron chi connectivity index (χ3n) is 5.35. The fourth-order valence-corrected chi connectivity index (χ4v) is 4.22. The van der Waals surface area contributed by atoms with E-state index in [4.69, 9.17) is 20.1 Å². The Hall–Kier alpha value is -2.49. The van der Waals surface area contributed by atoms with Gasteiger partial charge in [-0.1, -0.05) is 0 Å². The molecular formula is C13H19N7O7S. The summed E-state index contributed by atoms with van der Waals surface area (Å²) in [5.74, 6) is -0.327. The van der Waals surface area contributed by atoms with Crippen molar-refractivity contribution in [3.8, 4) is 0 Å². The summed E-state index contributed by atoms with van der Waals surface area (Å²) in [5.41, 5.74) is 4.80. The summed E-state index contributed by atoms with van der Waals surface area (Å²) in [6.07, 6.45) is 0.766. The Balaban J connectivity index is 1.56. The quantitative estimate of drug-likeness (QED) is 0.207. The van der Waals surface area contributed by atoms with E-state index in [0.717, 1.165) is 12.8 Å². The van der Waals surface area contributed by atoms with Crippen LogP contribution in [0.15, 0.2) is 4.42 Å². The third kappa shape index (κ3) is 3.25. The van der Waals surface area contributed by atoms with Crippen LogP contribution in [0.25, 0.3) is 0 Å². The summed E-state index contributed by atoms with van der Waals surface area (Å²) >= 11 is 0. The van der Waals surface area contributed by atoms with Crippen LogP contribution >= 0.6 is 0 Å². The highest BCUT2D eigenvalue weighted by Crippen LogP contribution is 2.61. The molecule has 28 heavy (non-hydrogen) atoms. The highest BCUT2D eigenvalue weighted by molar-refractivity contribution is 7.80. The molecule has 15 heteroatoms. The predicted octanol–water partition coefficient (Wildman–Crippen LogP) is -1.35. The summed E-state index contributed by atoms with van der Waals surface area (Å²) in [6, 6.07) is -1.85. The zero-order chi connectivity index (χ0) is 20.3. The topological polar surface area (TPSA) is 208 Å². The molecule has 0 aromatic carbocycles. The van der Waals surface area contributed by atoms with Crippen molar-refractivity contribution in [2.45, 2.75) is 37.5 Å². The molecule has 1 unspecified atom stereocenters. The molecule has 1 aliphatic carbocycles. The molecule has 2 amide bonds. The van der Waals surface area contributed by atoms with Gasteiger partial charge in [0, 0.05) is 6.54 Å². The number of carbonyl (C=O) groups is 1. The van der Waals surface area contributed by atoms with Crippen molar-refractivity contribution in [2.24, 2.45) is 11.1 Å². The fraction of sp³-hybridized carbons (Fsp3) is 0.692. The normalized spacial score (nSPS) is 26.6. The van der Waals surface area contributed by atoms with Gasteiger partial charge in [-0.05, 0) is 24.7 Å². The lowest BCUT2D eigenvalue weighted by atomic mass is 9.85. The highest BCUT2D eigenvalue weighted by Gasteiger charge is 2.64. The summed E-state index contributed by atoms with van der Waals surface area (Å²) in [7, 11) is -4.84. The Labute approximate surface area is 159 Å². The number of rotatable bonds is 6. The second kappa shape index (κ2) is 6.26. The van der Waals surface area contributed by atoms with Crippen molar-refractivity contribution in [3.63, 3.8) is 0 Å². The van der Waals surface area contributed by atoms with E-state index in [-0.39, 0.29) is 36.2 Å². The van der Waals surface area contributed by atoms with Crippen molar-refractivity contribution in [1.29, 1.82) is 5.41 Å². The standard InChI is InChI=1S/C13H19N7O7S/c14-11(15)16-4-7(21)10-18-17-9(26-10)6-3-13(1-2-13)8-5-19(6)12(22)20(8)27-28(23,24)25/h6-8,21H,1-5H2,(H4,14,15,16)(H,23,24,25)/t6-,7?,8+/m0/s1. The van der Waals surface area contributed by atoms with E-state index >= 15 is 0 Å². The molecule has 14 nitrogen and oxygen atoms in total. The number of hydroxylamine groups is 2. The number of nitrogens with one attached hydrogen (secondary N) is 2. The number of aliphatic hydroxyl groups excluding tert-OH is 1. The minimum atomic E-state index is -4.84. The SMILES string of the molecule is N=C(N)NCC(O)c1nnc([C@@H]2CC3(CC3)[C@H]3CN2C(=O)N3OS(=O)(=O)O)o1. The molecule has 1 aromatic heterocycles. The molecule has 4 rings (SSSR count). The average Bonchev–Trinajstić information content (AvgIpc) is 3.09. The summed E-state index contributed by atoms with van der Waals surface area (Å²) < 4.78 is 41.2. The zero-order valence-corrected chi connectivity index (χ0v) is 15.3. The molecule has 2 saturated heterocycles. The largest absolute Gasteiger partial charge is 0.420 e. The molecule has 0 radical (unpaired) electrons. The molecule has 3 fully saturated rings. The predicted molar refractivity (Wildman–Crippen MR) is 88.6 cm³/mol. The van der Waals surface area contributed by atoms with Gasteiger partial charge in [-0.15, -0.1) is 14.5 Å². The van der Waals surface area contributed by atoms with Crippen LogP contribution in [0.2, 0.25) is 0 Å². The maximum atomic E-state index is 12.6. The van der Waals surface area contributed by atoms with Gasteiger partial charge >= 0.3 is 16.4 Å². The molecule has 2 bridgehead atoms. The van der Waals surface area contributed by atoms with E-state index in [1.54, 1.807) is 0 Å². The third-order valence-corrected chi connectivity index (χ3v) is 5.70. The van der Waals surface area contributed by atoms with Crippen molar-refractivity contribution >= 4 is 22.4 Å². The molecule has 3 atom stereocenters. The van der Waals surface area contributed by atoms with Gasteiger partial charge in [-0.3, -0.25) is 9.96 Å². The van der Waals surface area contributed by atoms with Crippen molar-refractivity contribution < 1.29 is 31.6 Å². The van der Waals surface area contributed by atoms with E-state index in [9.17, 15) is 18.3 Å². The molecule has 3 aliphatic rings. The molecule has 6 N–H and O–H groups in total. The first kappa shape index (κ1) is 18.9. The van der Waals surface area contributed by atoms with E-state index in [2.05, 4.69) is 19.8 Å². The minimum Gasteiger partial charge on any atom is -0.420 e. The van der Waals surface area contributed by atoms with Crippen LogP contribution in [0.1, 0.15) is 43.2 Å². The second-order valence-electron chi connectivity index (χ2n) is 7.15. The smallest absolute Gasteiger partial charge is 0.418 e. The van der Waals surface area contributed by atoms with Crippen molar-refractivity contribution in [1.82, 2.24) is 25.5 Å². The Bertz CT molecular complexity index is 914. The highest BCUT2D eigenvalue weighted by atomic mass is 32.3. The van der Waals surface area contributed by atoms with E-state index in [1.807, 2.05) is 0 Å². The number of nitrogens with two attached hydrogens (primary N) is 1. The van der Waals surface area contributed by atoms with Gasteiger partial charge in [-0.25, -0.2) is 4.79 Å². The molecule has 1 saturated carbocycles. The lowest BCUT2D eigenvalue weighted by Crippen LogP contribution is -2.43. The van der Waals surface area contributed by atoms with Gasteiger partial charge in [0.25, 0.3) is 0 Å². The number of aromatic nitrogens is 2. The van der Waals surface area contributed by atoms with Crippen LogP contribution < -0.4 is 11.1 Å². The number of piperidine rings is 1. The molecule has 2 aliphatic heterocycles. The van der Waals surface area contributed by atoms with Gasteiger partial charge < -0.3 is 25.5 Å². The number of hydrogen-bond donors (Lipinski definition) is 5. The fourth-order valence-electron chi connectivity index (χ4n) is 3.85. The molecule has 3 heterocycles. The number of aliphatic hydroxyl groups is 1. The average molecular weight is 417 g/mol. The maximum Gasteiger partial charge on any atom is 0.418 e. The van der Waals surface area contributed by atoms with Crippen LogP contribution in [0.3, 0.4) is 0 Å².